The van der Waals surface area contributed by atoms with Gasteiger partial charge in [-0.3, -0.25) is 14.6 Å². The average molecular weight is 277 g/mol. The highest BCUT2D eigenvalue weighted by Gasteiger charge is 2.31. The molecule has 19 heavy (non-hydrogen) atoms. The maximum absolute atomic E-state index is 12.4. The van der Waals surface area contributed by atoms with Crippen molar-refractivity contribution in [2.24, 2.45) is 0 Å². The number of rotatable bonds is 2. The van der Waals surface area contributed by atoms with Crippen LogP contribution in [0, 0.1) is 0 Å². The van der Waals surface area contributed by atoms with E-state index in [4.69, 9.17) is 0 Å². The Labute approximate surface area is 118 Å². The van der Waals surface area contributed by atoms with Gasteiger partial charge < -0.3 is 5.32 Å². The number of carbonyl (C=O) groups excluding carboxylic acids is 1. The van der Waals surface area contributed by atoms with Crippen molar-refractivity contribution in [3.05, 3.63) is 24.3 Å². The molecule has 2 aliphatic heterocycles. The third kappa shape index (κ3) is 2.63. The second-order valence-electron chi connectivity index (χ2n) is 5.00. The summed E-state index contributed by atoms with van der Waals surface area (Å²) >= 11 is 1.66. The molecule has 0 aliphatic carbocycles. The van der Waals surface area contributed by atoms with Crippen LogP contribution in [0.15, 0.2) is 29.2 Å². The van der Waals surface area contributed by atoms with E-state index in [1.165, 1.54) is 4.90 Å². The summed E-state index contributed by atoms with van der Waals surface area (Å²) < 4.78 is 0. The zero-order valence-electron chi connectivity index (χ0n) is 11.1. The molecular weight excluding hydrogens is 258 g/mol. The van der Waals surface area contributed by atoms with E-state index in [9.17, 15) is 4.79 Å². The molecule has 0 saturated carbocycles. The lowest BCUT2D eigenvalue weighted by atomic mass is 10.2. The minimum Gasteiger partial charge on any atom is -0.314 e. The molecule has 1 fully saturated rings. The van der Waals surface area contributed by atoms with E-state index < -0.39 is 0 Å². The van der Waals surface area contributed by atoms with Crippen molar-refractivity contribution in [2.75, 3.05) is 37.7 Å². The number of benzene rings is 1. The van der Waals surface area contributed by atoms with Crippen LogP contribution < -0.4 is 10.2 Å². The number of carbonyl (C=O) groups is 1. The first-order valence-corrected chi connectivity index (χ1v) is 7.64. The van der Waals surface area contributed by atoms with Crippen LogP contribution in [-0.2, 0) is 4.79 Å². The number of thioether (sulfide) groups is 1. The van der Waals surface area contributed by atoms with Crippen molar-refractivity contribution in [3.63, 3.8) is 0 Å². The molecule has 4 nitrogen and oxygen atoms in total. The van der Waals surface area contributed by atoms with E-state index in [2.05, 4.69) is 16.3 Å². The number of nitrogens with one attached hydrogen (secondary N) is 1. The first-order chi connectivity index (χ1) is 9.25. The van der Waals surface area contributed by atoms with E-state index in [-0.39, 0.29) is 11.2 Å². The van der Waals surface area contributed by atoms with Gasteiger partial charge in [0.1, 0.15) is 0 Å². The van der Waals surface area contributed by atoms with E-state index in [1.807, 2.05) is 30.0 Å². The summed E-state index contributed by atoms with van der Waals surface area (Å²) in [7, 11) is 0. The average Bonchev–Trinajstić information content (AvgIpc) is 2.45. The summed E-state index contributed by atoms with van der Waals surface area (Å²) in [6, 6.07) is 8.20. The minimum absolute atomic E-state index is 0.0119. The summed E-state index contributed by atoms with van der Waals surface area (Å²) in [4.78, 5) is 17.9. The van der Waals surface area contributed by atoms with Crippen LogP contribution in [0.1, 0.15) is 6.92 Å². The monoisotopic (exact) mass is 277 g/mol. The van der Waals surface area contributed by atoms with E-state index in [0.29, 0.717) is 6.67 Å². The van der Waals surface area contributed by atoms with Crippen molar-refractivity contribution >= 4 is 23.4 Å². The first kappa shape index (κ1) is 13.0. The molecule has 0 spiro atoms. The second-order valence-corrected chi connectivity index (χ2v) is 6.39. The predicted molar refractivity (Wildman–Crippen MR) is 78.6 cm³/mol. The molecule has 1 aromatic carbocycles. The Morgan fingerprint density at radius 2 is 2.05 bits per heavy atom. The van der Waals surface area contributed by atoms with Gasteiger partial charge in [0.2, 0.25) is 5.91 Å². The third-order valence-corrected chi connectivity index (χ3v) is 4.78. The lowest BCUT2D eigenvalue weighted by molar-refractivity contribution is -0.118. The first-order valence-electron chi connectivity index (χ1n) is 6.76. The molecule has 1 saturated heterocycles. The zero-order chi connectivity index (χ0) is 13.2. The highest BCUT2D eigenvalue weighted by molar-refractivity contribution is 8.00. The lowest BCUT2D eigenvalue weighted by Crippen LogP contribution is -2.52. The molecule has 1 amide bonds. The zero-order valence-corrected chi connectivity index (χ0v) is 11.9. The largest absolute Gasteiger partial charge is 0.314 e. The van der Waals surface area contributed by atoms with Gasteiger partial charge in [0, 0.05) is 31.1 Å². The van der Waals surface area contributed by atoms with Crippen molar-refractivity contribution in [1.29, 1.82) is 0 Å². The molecular formula is C14H19N3OS. The van der Waals surface area contributed by atoms with Crippen LogP contribution in [0.2, 0.25) is 0 Å². The Hall–Kier alpha value is -1.04. The van der Waals surface area contributed by atoms with E-state index >= 15 is 0 Å². The maximum Gasteiger partial charge on any atom is 0.241 e. The van der Waals surface area contributed by atoms with Gasteiger partial charge in [-0.25, -0.2) is 0 Å². The van der Waals surface area contributed by atoms with Crippen LogP contribution in [0.5, 0.6) is 0 Å². The van der Waals surface area contributed by atoms with Gasteiger partial charge in [-0.15, -0.1) is 11.8 Å². The fraction of sp³-hybridized carbons (Fsp3) is 0.500. The maximum atomic E-state index is 12.4. The van der Waals surface area contributed by atoms with Crippen LogP contribution in [0.3, 0.4) is 0 Å². The molecule has 0 bridgehead atoms. The molecule has 0 radical (unpaired) electrons. The van der Waals surface area contributed by atoms with Crippen molar-refractivity contribution in [2.45, 2.75) is 17.1 Å². The molecule has 0 aromatic heterocycles. The number of anilines is 1. The Morgan fingerprint density at radius 1 is 1.32 bits per heavy atom. The highest BCUT2D eigenvalue weighted by atomic mass is 32.2. The third-order valence-electron chi connectivity index (χ3n) is 3.62. The van der Waals surface area contributed by atoms with Crippen LogP contribution in [-0.4, -0.2) is 48.9 Å². The molecule has 1 unspecified atom stereocenters. The summed E-state index contributed by atoms with van der Waals surface area (Å²) in [5.41, 5.74) is 1.06. The van der Waals surface area contributed by atoms with Gasteiger partial charge in [-0.1, -0.05) is 12.1 Å². The number of hydrogen-bond acceptors (Lipinski definition) is 4. The van der Waals surface area contributed by atoms with Crippen molar-refractivity contribution in [1.82, 2.24) is 10.2 Å². The Kier molecular flexibility index (Phi) is 3.77. The molecule has 5 heteroatoms. The fourth-order valence-electron chi connectivity index (χ4n) is 2.56. The van der Waals surface area contributed by atoms with Gasteiger partial charge in [0.15, 0.2) is 0 Å². The SMILES string of the molecule is CC1Sc2ccccc2N(CN2CCNCC2)C1=O. The minimum atomic E-state index is 0.0119. The number of fused-ring (bicyclic) bond motifs is 1. The van der Waals surface area contributed by atoms with Gasteiger partial charge in [-0.2, -0.15) is 0 Å². The predicted octanol–water partition coefficient (Wildman–Crippen LogP) is 1.38. The highest BCUT2D eigenvalue weighted by Crippen LogP contribution is 2.38. The molecule has 2 heterocycles. The number of amides is 1. The van der Waals surface area contributed by atoms with Crippen LogP contribution >= 0.6 is 11.8 Å². The van der Waals surface area contributed by atoms with Gasteiger partial charge in [0.25, 0.3) is 0 Å². The molecule has 3 rings (SSSR count). The topological polar surface area (TPSA) is 35.6 Å². The standard InChI is InChI=1S/C14H19N3OS/c1-11-14(18)17(10-16-8-6-15-7-9-16)12-4-2-3-5-13(12)19-11/h2-5,11,15H,6-10H2,1H3. The van der Waals surface area contributed by atoms with Crippen LogP contribution in [0.4, 0.5) is 5.69 Å². The van der Waals surface area contributed by atoms with E-state index in [0.717, 1.165) is 31.9 Å². The molecule has 2 aliphatic rings. The Balaban J connectivity index is 1.83. The summed E-state index contributed by atoms with van der Waals surface area (Å²) in [5.74, 6) is 0.224. The summed E-state index contributed by atoms with van der Waals surface area (Å²) in [6.07, 6.45) is 0. The summed E-state index contributed by atoms with van der Waals surface area (Å²) in [6.45, 7) is 6.74. The lowest BCUT2D eigenvalue weighted by Gasteiger charge is -2.37. The van der Waals surface area contributed by atoms with Crippen molar-refractivity contribution in [3.8, 4) is 0 Å². The fourth-order valence-corrected chi connectivity index (χ4v) is 3.62. The second kappa shape index (κ2) is 5.53. The Bertz CT molecular complexity index is 474. The molecule has 102 valence electrons. The number of nitrogens with zero attached hydrogens (tertiary/aromatic N) is 2. The van der Waals surface area contributed by atoms with E-state index in [1.54, 1.807) is 11.8 Å². The smallest absolute Gasteiger partial charge is 0.241 e. The Morgan fingerprint density at radius 3 is 2.84 bits per heavy atom. The number of hydrogen-bond donors (Lipinski definition) is 1. The van der Waals surface area contributed by atoms with Gasteiger partial charge in [0.05, 0.1) is 17.6 Å². The number of piperazine rings is 1. The van der Waals surface area contributed by atoms with Crippen LogP contribution in [0.25, 0.3) is 0 Å². The quantitative estimate of drug-likeness (QED) is 0.886. The number of para-hydroxylation sites is 1. The molecule has 1 atom stereocenters. The molecule has 1 N–H and O–H groups in total. The van der Waals surface area contributed by atoms with Gasteiger partial charge >= 0.3 is 0 Å². The van der Waals surface area contributed by atoms with Gasteiger partial charge in [-0.05, 0) is 19.1 Å². The van der Waals surface area contributed by atoms with Crippen molar-refractivity contribution < 1.29 is 4.79 Å². The normalized spacial score (nSPS) is 24.4. The summed E-state index contributed by atoms with van der Waals surface area (Å²) in [5, 5.41) is 3.35. The molecule has 1 aromatic rings.